The van der Waals surface area contributed by atoms with Crippen LogP contribution in [0.5, 0.6) is 0 Å². The van der Waals surface area contributed by atoms with Gasteiger partial charge in [-0.3, -0.25) is 0 Å². The largest absolute Gasteiger partial charge is 0.329 e. The maximum absolute atomic E-state index is 12.9. The number of nitrogens with one attached hydrogen (secondary N) is 1. The van der Waals surface area contributed by atoms with Crippen molar-refractivity contribution in [3.05, 3.63) is 47.3 Å². The first-order valence-corrected chi connectivity index (χ1v) is 6.66. The molecule has 0 fully saturated rings. The van der Waals surface area contributed by atoms with Crippen molar-refractivity contribution >= 4 is 0 Å². The van der Waals surface area contributed by atoms with Crippen LogP contribution in [-0.4, -0.2) is 13.1 Å². The molecule has 2 nitrogen and oxygen atoms in total. The molecule has 1 aromatic carbocycles. The fourth-order valence-electron chi connectivity index (χ4n) is 2.40. The summed E-state index contributed by atoms with van der Waals surface area (Å²) in [5, 5.41) is 3.44. The third-order valence-corrected chi connectivity index (χ3v) is 3.48. The van der Waals surface area contributed by atoms with Crippen LogP contribution in [0.25, 0.3) is 0 Å². The number of halogens is 1. The standard InChI is InChI=1S/C15H21FN2/c16-14-7-5-13(6-8-14)15(11-17)18-10-9-12-3-1-2-4-12/h3,5-8,15,18H,1-2,4,9-11,17H2. The summed E-state index contributed by atoms with van der Waals surface area (Å²) in [6.07, 6.45) is 7.21. The molecule has 0 saturated heterocycles. The van der Waals surface area contributed by atoms with Gasteiger partial charge in [-0.1, -0.05) is 23.8 Å². The summed E-state index contributed by atoms with van der Waals surface area (Å²) in [6, 6.07) is 6.69. The first-order chi connectivity index (χ1) is 8.79. The smallest absolute Gasteiger partial charge is 0.123 e. The van der Waals surface area contributed by atoms with E-state index in [-0.39, 0.29) is 11.9 Å². The minimum absolute atomic E-state index is 0.118. The number of nitrogens with two attached hydrogens (primary N) is 1. The van der Waals surface area contributed by atoms with Gasteiger partial charge in [-0.15, -0.1) is 0 Å². The van der Waals surface area contributed by atoms with E-state index in [1.54, 1.807) is 17.7 Å². The lowest BCUT2D eigenvalue weighted by Gasteiger charge is -2.17. The van der Waals surface area contributed by atoms with Gasteiger partial charge < -0.3 is 11.1 Å². The summed E-state index contributed by atoms with van der Waals surface area (Å²) in [4.78, 5) is 0. The predicted octanol–water partition coefficient (Wildman–Crippen LogP) is 2.92. The Hall–Kier alpha value is -1.19. The highest BCUT2D eigenvalue weighted by atomic mass is 19.1. The first-order valence-electron chi connectivity index (χ1n) is 6.66. The van der Waals surface area contributed by atoms with Crippen LogP contribution in [0.2, 0.25) is 0 Å². The molecule has 0 heterocycles. The Morgan fingerprint density at radius 1 is 1.28 bits per heavy atom. The maximum atomic E-state index is 12.9. The van der Waals surface area contributed by atoms with Crippen molar-refractivity contribution in [3.8, 4) is 0 Å². The lowest BCUT2D eigenvalue weighted by molar-refractivity contribution is 0.540. The van der Waals surface area contributed by atoms with Gasteiger partial charge in [0.15, 0.2) is 0 Å². The minimum Gasteiger partial charge on any atom is -0.329 e. The number of rotatable bonds is 6. The Labute approximate surface area is 108 Å². The molecule has 1 aliphatic carbocycles. The van der Waals surface area contributed by atoms with Gasteiger partial charge in [0.2, 0.25) is 0 Å². The number of benzene rings is 1. The summed E-state index contributed by atoms with van der Waals surface area (Å²) in [6.45, 7) is 1.47. The molecule has 1 aromatic rings. The zero-order chi connectivity index (χ0) is 12.8. The van der Waals surface area contributed by atoms with Crippen molar-refractivity contribution in [1.82, 2.24) is 5.32 Å². The van der Waals surface area contributed by atoms with E-state index in [9.17, 15) is 4.39 Å². The van der Waals surface area contributed by atoms with E-state index in [2.05, 4.69) is 11.4 Å². The van der Waals surface area contributed by atoms with Crippen LogP contribution in [0.1, 0.15) is 37.3 Å². The van der Waals surface area contributed by atoms with Crippen LogP contribution in [0.15, 0.2) is 35.9 Å². The van der Waals surface area contributed by atoms with Crippen molar-refractivity contribution < 1.29 is 4.39 Å². The zero-order valence-electron chi connectivity index (χ0n) is 10.7. The molecule has 0 aromatic heterocycles. The summed E-state index contributed by atoms with van der Waals surface area (Å²) in [5.74, 6) is -0.203. The third-order valence-electron chi connectivity index (χ3n) is 3.48. The molecular formula is C15H21FN2. The van der Waals surface area contributed by atoms with Crippen LogP contribution in [0.4, 0.5) is 4.39 Å². The second-order valence-electron chi connectivity index (χ2n) is 4.80. The molecule has 2 rings (SSSR count). The Bertz CT molecular complexity index is 397. The Morgan fingerprint density at radius 2 is 2.06 bits per heavy atom. The number of allylic oxidation sites excluding steroid dienone is 1. The van der Waals surface area contributed by atoms with Crippen molar-refractivity contribution in [2.75, 3.05) is 13.1 Å². The highest BCUT2D eigenvalue weighted by Crippen LogP contribution is 2.20. The molecule has 0 radical (unpaired) electrons. The average Bonchev–Trinajstić information content (AvgIpc) is 2.89. The molecule has 98 valence electrons. The highest BCUT2D eigenvalue weighted by molar-refractivity contribution is 5.20. The summed E-state index contributed by atoms with van der Waals surface area (Å²) in [5.41, 5.74) is 8.37. The van der Waals surface area contributed by atoms with E-state index >= 15 is 0 Å². The van der Waals surface area contributed by atoms with E-state index in [0.29, 0.717) is 6.54 Å². The molecule has 18 heavy (non-hydrogen) atoms. The van der Waals surface area contributed by atoms with Gasteiger partial charge in [-0.2, -0.15) is 0 Å². The van der Waals surface area contributed by atoms with Crippen molar-refractivity contribution in [1.29, 1.82) is 0 Å². The monoisotopic (exact) mass is 248 g/mol. The van der Waals surface area contributed by atoms with Crippen LogP contribution in [-0.2, 0) is 0 Å². The molecule has 3 N–H and O–H groups in total. The Morgan fingerprint density at radius 3 is 2.67 bits per heavy atom. The van der Waals surface area contributed by atoms with E-state index in [1.807, 2.05) is 0 Å². The van der Waals surface area contributed by atoms with E-state index in [0.717, 1.165) is 18.5 Å². The van der Waals surface area contributed by atoms with Gasteiger partial charge in [0.1, 0.15) is 5.82 Å². The molecule has 3 heteroatoms. The molecule has 0 saturated carbocycles. The van der Waals surface area contributed by atoms with Gasteiger partial charge in [0.25, 0.3) is 0 Å². The lowest BCUT2D eigenvalue weighted by atomic mass is 10.1. The van der Waals surface area contributed by atoms with Gasteiger partial charge in [-0.25, -0.2) is 4.39 Å². The zero-order valence-corrected chi connectivity index (χ0v) is 10.7. The highest BCUT2D eigenvalue weighted by Gasteiger charge is 2.10. The van der Waals surface area contributed by atoms with Crippen LogP contribution < -0.4 is 11.1 Å². The Kier molecular flexibility index (Phi) is 4.90. The molecular weight excluding hydrogens is 227 g/mol. The first kappa shape index (κ1) is 13.2. The molecule has 0 aliphatic heterocycles. The maximum Gasteiger partial charge on any atom is 0.123 e. The van der Waals surface area contributed by atoms with E-state index < -0.39 is 0 Å². The average molecular weight is 248 g/mol. The number of hydrogen-bond acceptors (Lipinski definition) is 2. The van der Waals surface area contributed by atoms with Crippen molar-refractivity contribution in [3.63, 3.8) is 0 Å². The van der Waals surface area contributed by atoms with Crippen molar-refractivity contribution in [2.24, 2.45) is 5.73 Å². The number of hydrogen-bond donors (Lipinski definition) is 2. The van der Waals surface area contributed by atoms with E-state index in [4.69, 9.17) is 5.73 Å². The minimum atomic E-state index is -0.203. The normalized spacial score (nSPS) is 16.7. The van der Waals surface area contributed by atoms with Gasteiger partial charge in [0, 0.05) is 12.6 Å². The van der Waals surface area contributed by atoms with Gasteiger partial charge in [-0.05, 0) is 49.9 Å². The summed E-state index contributed by atoms with van der Waals surface area (Å²) in [7, 11) is 0. The second kappa shape index (κ2) is 6.66. The van der Waals surface area contributed by atoms with Crippen molar-refractivity contribution in [2.45, 2.75) is 31.7 Å². The fourth-order valence-corrected chi connectivity index (χ4v) is 2.40. The fraction of sp³-hybridized carbons (Fsp3) is 0.467. The third kappa shape index (κ3) is 3.65. The van der Waals surface area contributed by atoms with Crippen LogP contribution in [0.3, 0.4) is 0 Å². The molecule has 1 atom stereocenters. The molecule has 0 amide bonds. The predicted molar refractivity (Wildman–Crippen MR) is 72.7 cm³/mol. The lowest BCUT2D eigenvalue weighted by Crippen LogP contribution is -2.29. The topological polar surface area (TPSA) is 38.0 Å². The molecule has 0 spiro atoms. The van der Waals surface area contributed by atoms with Gasteiger partial charge >= 0.3 is 0 Å². The SMILES string of the molecule is NCC(NCCC1=CCCC1)c1ccc(F)cc1. The van der Waals surface area contributed by atoms with E-state index in [1.165, 1.54) is 31.4 Å². The summed E-state index contributed by atoms with van der Waals surface area (Å²) >= 11 is 0. The molecule has 1 unspecified atom stereocenters. The van der Waals surface area contributed by atoms with Crippen LogP contribution >= 0.6 is 0 Å². The van der Waals surface area contributed by atoms with Crippen LogP contribution in [0, 0.1) is 5.82 Å². The Balaban J connectivity index is 1.83. The quantitative estimate of drug-likeness (QED) is 0.760. The summed E-state index contributed by atoms with van der Waals surface area (Å²) < 4.78 is 12.9. The second-order valence-corrected chi connectivity index (χ2v) is 4.80. The molecule has 0 bridgehead atoms. The van der Waals surface area contributed by atoms with Gasteiger partial charge in [0.05, 0.1) is 0 Å². The molecule has 1 aliphatic rings.